The summed E-state index contributed by atoms with van der Waals surface area (Å²) in [6, 6.07) is 4.28. The van der Waals surface area contributed by atoms with Crippen LogP contribution in [0.15, 0.2) is 18.2 Å². The number of hydrogen-bond acceptors (Lipinski definition) is 4. The molecule has 5 nitrogen and oxygen atoms in total. The lowest BCUT2D eigenvalue weighted by Crippen LogP contribution is -2.39. The summed E-state index contributed by atoms with van der Waals surface area (Å²) >= 11 is 0. The number of carbonyl (C=O) groups is 1. The van der Waals surface area contributed by atoms with E-state index in [9.17, 15) is 9.18 Å². The molecule has 0 aliphatic rings. The van der Waals surface area contributed by atoms with Crippen LogP contribution in [0.25, 0.3) is 0 Å². The van der Waals surface area contributed by atoms with Crippen LogP contribution in [0.2, 0.25) is 0 Å². The Balaban J connectivity index is 2.46. The minimum atomic E-state index is -0.439. The Morgan fingerprint density at radius 3 is 2.79 bits per heavy atom. The lowest BCUT2D eigenvalue weighted by atomic mass is 10.3. The average molecular weight is 270 g/mol. The van der Waals surface area contributed by atoms with Gasteiger partial charge in [-0.15, -0.1) is 0 Å². The van der Waals surface area contributed by atoms with Gasteiger partial charge in [0.25, 0.3) is 0 Å². The van der Waals surface area contributed by atoms with Crippen molar-refractivity contribution in [3.05, 3.63) is 24.0 Å². The largest absolute Gasteiger partial charge is 0.494 e. The third-order valence-corrected chi connectivity index (χ3v) is 2.43. The normalized spacial score (nSPS) is 11.8. The molecule has 1 rings (SSSR count). The number of benzene rings is 1. The molecule has 1 atom stereocenters. The summed E-state index contributed by atoms with van der Waals surface area (Å²) in [5, 5.41) is 5.65. The number of methoxy groups -OCH3 is 2. The van der Waals surface area contributed by atoms with E-state index in [1.165, 1.54) is 19.2 Å². The molecule has 106 valence electrons. The van der Waals surface area contributed by atoms with E-state index >= 15 is 0 Å². The summed E-state index contributed by atoms with van der Waals surface area (Å²) in [7, 11) is 2.97. The van der Waals surface area contributed by atoms with Crippen LogP contribution < -0.4 is 15.4 Å². The zero-order valence-electron chi connectivity index (χ0n) is 11.3. The van der Waals surface area contributed by atoms with E-state index in [2.05, 4.69) is 10.6 Å². The fraction of sp³-hybridized carbons (Fsp3) is 0.462. The van der Waals surface area contributed by atoms with Crippen molar-refractivity contribution in [3.63, 3.8) is 0 Å². The second-order valence-electron chi connectivity index (χ2n) is 4.13. The topological polar surface area (TPSA) is 59.6 Å². The van der Waals surface area contributed by atoms with Crippen molar-refractivity contribution in [1.82, 2.24) is 5.32 Å². The van der Waals surface area contributed by atoms with E-state index in [1.54, 1.807) is 13.2 Å². The molecule has 0 spiro atoms. The van der Waals surface area contributed by atoms with E-state index in [0.29, 0.717) is 12.3 Å². The average Bonchev–Trinajstić information content (AvgIpc) is 2.38. The van der Waals surface area contributed by atoms with Gasteiger partial charge in [-0.05, 0) is 19.1 Å². The van der Waals surface area contributed by atoms with Crippen LogP contribution in [0.3, 0.4) is 0 Å². The highest BCUT2D eigenvalue weighted by Crippen LogP contribution is 2.21. The summed E-state index contributed by atoms with van der Waals surface area (Å²) in [5.74, 6) is -0.461. The smallest absolute Gasteiger partial charge is 0.239 e. The SMILES string of the molecule is COCC(C)NC(=O)CNc1ccc(F)c(OC)c1. The second-order valence-corrected chi connectivity index (χ2v) is 4.13. The Morgan fingerprint density at radius 2 is 2.16 bits per heavy atom. The van der Waals surface area contributed by atoms with Crippen LogP contribution in [0.5, 0.6) is 5.75 Å². The molecule has 19 heavy (non-hydrogen) atoms. The Kier molecular flexibility index (Phi) is 6.08. The van der Waals surface area contributed by atoms with Gasteiger partial charge in [0.2, 0.25) is 5.91 Å². The zero-order chi connectivity index (χ0) is 14.3. The predicted octanol–water partition coefficient (Wildman–Crippen LogP) is 1.40. The minimum absolute atomic E-state index is 0.0537. The van der Waals surface area contributed by atoms with E-state index in [1.807, 2.05) is 6.92 Å². The van der Waals surface area contributed by atoms with E-state index in [4.69, 9.17) is 9.47 Å². The molecule has 1 amide bonds. The molecule has 0 saturated heterocycles. The minimum Gasteiger partial charge on any atom is -0.494 e. The van der Waals surface area contributed by atoms with E-state index in [-0.39, 0.29) is 24.2 Å². The van der Waals surface area contributed by atoms with Crippen molar-refractivity contribution in [2.24, 2.45) is 0 Å². The molecule has 1 aromatic rings. The first kappa shape index (κ1) is 15.2. The molecule has 0 aliphatic heterocycles. The Bertz CT molecular complexity index is 426. The molecule has 0 fully saturated rings. The van der Waals surface area contributed by atoms with Gasteiger partial charge in [0.15, 0.2) is 11.6 Å². The van der Waals surface area contributed by atoms with E-state index in [0.717, 1.165) is 0 Å². The maximum Gasteiger partial charge on any atom is 0.239 e. The molecule has 0 saturated carbocycles. The van der Waals surface area contributed by atoms with Crippen molar-refractivity contribution in [2.45, 2.75) is 13.0 Å². The number of halogens is 1. The Hall–Kier alpha value is -1.82. The molecular weight excluding hydrogens is 251 g/mol. The summed E-state index contributed by atoms with van der Waals surface area (Å²) in [6.07, 6.45) is 0. The van der Waals surface area contributed by atoms with Gasteiger partial charge in [-0.3, -0.25) is 4.79 Å². The van der Waals surface area contributed by atoms with Crippen molar-refractivity contribution >= 4 is 11.6 Å². The summed E-state index contributed by atoms with van der Waals surface area (Å²) in [6.45, 7) is 2.40. The van der Waals surface area contributed by atoms with Crippen LogP contribution in [0.4, 0.5) is 10.1 Å². The second kappa shape index (κ2) is 7.58. The third-order valence-electron chi connectivity index (χ3n) is 2.43. The van der Waals surface area contributed by atoms with Gasteiger partial charge < -0.3 is 20.1 Å². The highest BCUT2D eigenvalue weighted by molar-refractivity contribution is 5.81. The van der Waals surface area contributed by atoms with Crippen LogP contribution in [0, 0.1) is 5.82 Å². The van der Waals surface area contributed by atoms with Gasteiger partial charge in [0, 0.05) is 24.9 Å². The molecule has 0 aliphatic carbocycles. The monoisotopic (exact) mass is 270 g/mol. The molecule has 0 heterocycles. The molecule has 0 aromatic heterocycles. The van der Waals surface area contributed by atoms with Crippen molar-refractivity contribution < 1.29 is 18.7 Å². The van der Waals surface area contributed by atoms with Crippen LogP contribution in [0.1, 0.15) is 6.92 Å². The number of amides is 1. The summed E-state index contributed by atoms with van der Waals surface area (Å²) < 4.78 is 23.0. The zero-order valence-corrected chi connectivity index (χ0v) is 11.3. The van der Waals surface area contributed by atoms with Crippen LogP contribution in [-0.4, -0.2) is 39.3 Å². The Morgan fingerprint density at radius 1 is 1.42 bits per heavy atom. The van der Waals surface area contributed by atoms with Gasteiger partial charge >= 0.3 is 0 Å². The molecule has 2 N–H and O–H groups in total. The number of hydrogen-bond donors (Lipinski definition) is 2. The van der Waals surface area contributed by atoms with Crippen molar-refractivity contribution in [1.29, 1.82) is 0 Å². The number of ether oxygens (including phenoxy) is 2. The highest BCUT2D eigenvalue weighted by atomic mass is 19.1. The van der Waals surface area contributed by atoms with Crippen molar-refractivity contribution in [3.8, 4) is 5.75 Å². The number of carbonyl (C=O) groups excluding carboxylic acids is 1. The lowest BCUT2D eigenvalue weighted by molar-refractivity contribution is -0.120. The number of anilines is 1. The maximum atomic E-state index is 13.2. The van der Waals surface area contributed by atoms with Crippen LogP contribution >= 0.6 is 0 Å². The molecule has 6 heteroatoms. The lowest BCUT2D eigenvalue weighted by Gasteiger charge is -2.13. The quantitative estimate of drug-likeness (QED) is 0.786. The van der Waals surface area contributed by atoms with E-state index < -0.39 is 5.82 Å². The molecule has 1 aromatic carbocycles. The first-order valence-electron chi connectivity index (χ1n) is 5.92. The van der Waals surface area contributed by atoms with Crippen LogP contribution in [-0.2, 0) is 9.53 Å². The third kappa shape index (κ3) is 5.13. The van der Waals surface area contributed by atoms with Gasteiger partial charge in [-0.2, -0.15) is 0 Å². The van der Waals surface area contributed by atoms with Gasteiger partial charge in [0.05, 0.1) is 20.3 Å². The predicted molar refractivity (Wildman–Crippen MR) is 70.9 cm³/mol. The standard InChI is InChI=1S/C13H19FN2O3/c1-9(8-18-2)16-13(17)7-15-10-4-5-11(14)12(6-10)19-3/h4-6,9,15H,7-8H2,1-3H3,(H,16,17). The summed E-state index contributed by atoms with van der Waals surface area (Å²) in [5.41, 5.74) is 0.618. The number of nitrogens with one attached hydrogen (secondary N) is 2. The first-order valence-corrected chi connectivity index (χ1v) is 5.92. The first-order chi connectivity index (χ1) is 9.06. The Labute approximate surface area is 112 Å². The highest BCUT2D eigenvalue weighted by Gasteiger charge is 2.08. The molecule has 0 radical (unpaired) electrons. The molecular formula is C13H19FN2O3. The molecule has 1 unspecified atom stereocenters. The number of rotatable bonds is 7. The van der Waals surface area contributed by atoms with Gasteiger partial charge in [-0.25, -0.2) is 4.39 Å². The summed E-state index contributed by atoms with van der Waals surface area (Å²) in [4.78, 5) is 11.6. The van der Waals surface area contributed by atoms with Crippen molar-refractivity contribution in [2.75, 3.05) is 32.7 Å². The fourth-order valence-corrected chi connectivity index (χ4v) is 1.57. The molecule has 0 bridgehead atoms. The van der Waals surface area contributed by atoms with Gasteiger partial charge in [-0.1, -0.05) is 0 Å². The van der Waals surface area contributed by atoms with Gasteiger partial charge in [0.1, 0.15) is 0 Å². The fourth-order valence-electron chi connectivity index (χ4n) is 1.57. The maximum absolute atomic E-state index is 13.2.